The highest BCUT2D eigenvalue weighted by molar-refractivity contribution is 5.52. The van der Waals surface area contributed by atoms with Gasteiger partial charge in [-0.15, -0.1) is 0 Å². The standard InChI is InChI=1S/C16H14F2N2O2/c1-22-12-4-2-3-11(7-12)15(9-21)20-16-13(17)5-10(8-19)6-14(16)18/h2-7,15,20-21H,9H2,1H3. The van der Waals surface area contributed by atoms with E-state index >= 15 is 0 Å². The average molecular weight is 304 g/mol. The van der Waals surface area contributed by atoms with Crippen LogP contribution in [0.1, 0.15) is 17.2 Å². The molecule has 2 rings (SSSR count). The Hall–Kier alpha value is -2.65. The summed E-state index contributed by atoms with van der Waals surface area (Å²) in [5.41, 5.74) is 0.119. The number of aliphatic hydroxyl groups is 1. The fourth-order valence-electron chi connectivity index (χ4n) is 2.04. The number of nitriles is 1. The lowest BCUT2D eigenvalue weighted by Gasteiger charge is -2.19. The zero-order valence-corrected chi connectivity index (χ0v) is 11.8. The molecule has 6 heteroatoms. The summed E-state index contributed by atoms with van der Waals surface area (Å²) >= 11 is 0. The Labute approximate surface area is 126 Å². The molecular formula is C16H14F2N2O2. The van der Waals surface area contributed by atoms with E-state index in [4.69, 9.17) is 10.00 Å². The fraction of sp³-hybridized carbons (Fsp3) is 0.188. The van der Waals surface area contributed by atoms with Crippen LogP contribution in [0.3, 0.4) is 0 Å². The summed E-state index contributed by atoms with van der Waals surface area (Å²) in [5, 5.41) is 20.8. The van der Waals surface area contributed by atoms with Crippen molar-refractivity contribution >= 4 is 5.69 Å². The second kappa shape index (κ2) is 6.87. The maximum atomic E-state index is 13.9. The zero-order chi connectivity index (χ0) is 16.1. The highest BCUT2D eigenvalue weighted by atomic mass is 19.1. The quantitative estimate of drug-likeness (QED) is 0.891. The molecule has 1 atom stereocenters. The van der Waals surface area contributed by atoms with E-state index in [1.165, 1.54) is 7.11 Å². The van der Waals surface area contributed by atoms with Gasteiger partial charge >= 0.3 is 0 Å². The number of methoxy groups -OCH3 is 1. The van der Waals surface area contributed by atoms with Crippen LogP contribution >= 0.6 is 0 Å². The van der Waals surface area contributed by atoms with Crippen LogP contribution in [0.2, 0.25) is 0 Å². The van der Waals surface area contributed by atoms with Gasteiger partial charge in [-0.05, 0) is 29.8 Å². The summed E-state index contributed by atoms with van der Waals surface area (Å²) in [6.07, 6.45) is 0. The molecule has 0 spiro atoms. The van der Waals surface area contributed by atoms with Gasteiger partial charge in [-0.25, -0.2) is 8.78 Å². The minimum atomic E-state index is -0.891. The van der Waals surface area contributed by atoms with E-state index in [2.05, 4.69) is 5.32 Å². The third-order valence-corrected chi connectivity index (χ3v) is 3.17. The van der Waals surface area contributed by atoms with Crippen LogP contribution in [0.4, 0.5) is 14.5 Å². The second-order valence-electron chi connectivity index (χ2n) is 4.58. The third kappa shape index (κ3) is 3.32. The number of hydrogen-bond donors (Lipinski definition) is 2. The molecule has 2 aromatic rings. The van der Waals surface area contributed by atoms with E-state index in [9.17, 15) is 13.9 Å². The van der Waals surface area contributed by atoms with Gasteiger partial charge in [0.1, 0.15) is 11.4 Å². The Bertz CT molecular complexity index is 691. The maximum absolute atomic E-state index is 13.9. The van der Waals surface area contributed by atoms with Crippen LogP contribution in [-0.4, -0.2) is 18.8 Å². The van der Waals surface area contributed by atoms with Crippen molar-refractivity contribution in [2.75, 3.05) is 19.0 Å². The molecule has 0 heterocycles. The summed E-state index contributed by atoms with van der Waals surface area (Å²) in [5.74, 6) is -1.21. The molecule has 0 aliphatic heterocycles. The molecule has 2 aromatic carbocycles. The minimum absolute atomic E-state index is 0.109. The lowest BCUT2D eigenvalue weighted by Crippen LogP contribution is -2.17. The monoisotopic (exact) mass is 304 g/mol. The van der Waals surface area contributed by atoms with Crippen LogP contribution in [-0.2, 0) is 0 Å². The van der Waals surface area contributed by atoms with E-state index in [1.54, 1.807) is 30.3 Å². The van der Waals surface area contributed by atoms with Crippen molar-refractivity contribution in [2.24, 2.45) is 0 Å². The Morgan fingerprint density at radius 3 is 2.50 bits per heavy atom. The highest BCUT2D eigenvalue weighted by Gasteiger charge is 2.17. The minimum Gasteiger partial charge on any atom is -0.497 e. The van der Waals surface area contributed by atoms with E-state index in [-0.39, 0.29) is 17.9 Å². The molecule has 0 bridgehead atoms. The average Bonchev–Trinajstić information content (AvgIpc) is 2.54. The lowest BCUT2D eigenvalue weighted by atomic mass is 10.1. The SMILES string of the molecule is COc1cccc(C(CO)Nc2c(F)cc(C#N)cc2F)c1. The van der Waals surface area contributed by atoms with Crippen molar-refractivity contribution in [3.8, 4) is 11.8 Å². The van der Waals surface area contributed by atoms with E-state index in [0.717, 1.165) is 12.1 Å². The van der Waals surface area contributed by atoms with Crippen molar-refractivity contribution in [2.45, 2.75) is 6.04 Å². The highest BCUT2D eigenvalue weighted by Crippen LogP contribution is 2.27. The summed E-state index contributed by atoms with van der Waals surface area (Å²) in [4.78, 5) is 0. The van der Waals surface area contributed by atoms with Crippen LogP contribution in [0, 0.1) is 23.0 Å². The van der Waals surface area contributed by atoms with Gasteiger partial charge in [0, 0.05) is 0 Å². The molecule has 0 saturated heterocycles. The van der Waals surface area contributed by atoms with Gasteiger partial charge in [-0.2, -0.15) is 5.26 Å². The number of benzene rings is 2. The number of rotatable bonds is 5. The second-order valence-corrected chi connectivity index (χ2v) is 4.58. The van der Waals surface area contributed by atoms with E-state index in [0.29, 0.717) is 11.3 Å². The molecule has 2 N–H and O–H groups in total. The number of nitrogens with zero attached hydrogens (tertiary/aromatic N) is 1. The van der Waals surface area contributed by atoms with Crippen molar-refractivity contribution in [1.82, 2.24) is 0 Å². The van der Waals surface area contributed by atoms with Crippen molar-refractivity contribution < 1.29 is 18.6 Å². The molecule has 0 fully saturated rings. The number of aliphatic hydroxyl groups excluding tert-OH is 1. The molecular weight excluding hydrogens is 290 g/mol. The largest absolute Gasteiger partial charge is 0.497 e. The number of halogens is 2. The van der Waals surface area contributed by atoms with Gasteiger partial charge in [-0.3, -0.25) is 0 Å². The molecule has 114 valence electrons. The van der Waals surface area contributed by atoms with Gasteiger partial charge in [0.2, 0.25) is 0 Å². The summed E-state index contributed by atoms with van der Waals surface area (Å²) < 4.78 is 32.9. The van der Waals surface area contributed by atoms with Gasteiger partial charge in [0.25, 0.3) is 0 Å². The zero-order valence-electron chi connectivity index (χ0n) is 11.8. The van der Waals surface area contributed by atoms with Crippen molar-refractivity contribution in [3.05, 3.63) is 59.2 Å². The van der Waals surface area contributed by atoms with Gasteiger partial charge < -0.3 is 15.2 Å². The van der Waals surface area contributed by atoms with Crippen LogP contribution < -0.4 is 10.1 Å². The fourth-order valence-corrected chi connectivity index (χ4v) is 2.04. The molecule has 22 heavy (non-hydrogen) atoms. The number of ether oxygens (including phenoxy) is 1. The van der Waals surface area contributed by atoms with E-state index < -0.39 is 17.7 Å². The Balaban J connectivity index is 2.33. The lowest BCUT2D eigenvalue weighted by molar-refractivity contribution is 0.275. The summed E-state index contributed by atoms with van der Waals surface area (Å²) in [6.45, 7) is -0.369. The van der Waals surface area contributed by atoms with Crippen LogP contribution in [0.15, 0.2) is 36.4 Å². The topological polar surface area (TPSA) is 65.3 Å². The molecule has 0 aliphatic rings. The van der Waals surface area contributed by atoms with Gasteiger partial charge in [0.15, 0.2) is 11.6 Å². The first-order valence-corrected chi connectivity index (χ1v) is 6.49. The first kappa shape index (κ1) is 15.7. The molecule has 4 nitrogen and oxygen atoms in total. The number of nitrogens with one attached hydrogen (secondary N) is 1. The maximum Gasteiger partial charge on any atom is 0.150 e. The van der Waals surface area contributed by atoms with Gasteiger partial charge in [-0.1, -0.05) is 12.1 Å². The summed E-state index contributed by atoms with van der Waals surface area (Å²) in [7, 11) is 1.50. The molecule has 0 amide bonds. The molecule has 0 aliphatic carbocycles. The molecule has 1 unspecified atom stereocenters. The Morgan fingerprint density at radius 2 is 1.95 bits per heavy atom. The Morgan fingerprint density at radius 1 is 1.27 bits per heavy atom. The van der Waals surface area contributed by atoms with E-state index in [1.807, 2.05) is 0 Å². The first-order chi connectivity index (χ1) is 10.6. The molecule has 0 saturated carbocycles. The van der Waals surface area contributed by atoms with Gasteiger partial charge in [0.05, 0.1) is 31.4 Å². The smallest absolute Gasteiger partial charge is 0.150 e. The summed E-state index contributed by atoms with van der Waals surface area (Å²) in [6, 6.07) is 9.63. The third-order valence-electron chi connectivity index (χ3n) is 3.17. The Kier molecular flexibility index (Phi) is 4.92. The first-order valence-electron chi connectivity index (χ1n) is 6.49. The molecule has 0 radical (unpaired) electrons. The van der Waals surface area contributed by atoms with Crippen molar-refractivity contribution in [1.29, 1.82) is 5.26 Å². The predicted molar refractivity (Wildman–Crippen MR) is 77.5 cm³/mol. The van der Waals surface area contributed by atoms with Crippen LogP contribution in [0.25, 0.3) is 0 Å². The number of anilines is 1. The normalized spacial score (nSPS) is 11.6. The van der Waals surface area contributed by atoms with Crippen LogP contribution in [0.5, 0.6) is 5.75 Å². The molecule has 0 aromatic heterocycles. The predicted octanol–water partition coefficient (Wildman–Crippen LogP) is 2.99. The van der Waals surface area contributed by atoms with Crippen molar-refractivity contribution in [3.63, 3.8) is 0 Å². The number of hydrogen-bond acceptors (Lipinski definition) is 4.